The Bertz CT molecular complexity index is 892. The van der Waals surface area contributed by atoms with Gasteiger partial charge in [0.15, 0.2) is 23.8 Å². The first kappa shape index (κ1) is 25.5. The summed E-state index contributed by atoms with van der Waals surface area (Å²) in [4.78, 5) is 39.4. The van der Waals surface area contributed by atoms with E-state index in [0.29, 0.717) is 18.4 Å². The van der Waals surface area contributed by atoms with Gasteiger partial charge in [0.25, 0.3) is 5.91 Å². The van der Waals surface area contributed by atoms with Crippen molar-refractivity contribution in [3.05, 3.63) is 46.5 Å². The van der Waals surface area contributed by atoms with Gasteiger partial charge in [-0.05, 0) is 40.4 Å². The Balaban J connectivity index is 1.78. The van der Waals surface area contributed by atoms with Crippen LogP contribution < -0.4 is 0 Å². The van der Waals surface area contributed by atoms with Crippen molar-refractivity contribution in [1.29, 1.82) is 0 Å². The number of nitrogens with zero attached hydrogens (tertiary/aromatic N) is 1. The third-order valence-corrected chi connectivity index (χ3v) is 6.58. The highest BCUT2D eigenvalue weighted by molar-refractivity contribution is 9.11. The Morgan fingerprint density at radius 3 is 2.61 bits per heavy atom. The van der Waals surface area contributed by atoms with Crippen molar-refractivity contribution in [1.82, 2.24) is 4.90 Å². The zero-order valence-corrected chi connectivity index (χ0v) is 19.9. The van der Waals surface area contributed by atoms with Gasteiger partial charge >= 0.3 is 6.09 Å². The Kier molecular flexibility index (Phi) is 8.77. The summed E-state index contributed by atoms with van der Waals surface area (Å²) in [5.41, 5.74) is 0.699. The zero-order valence-electron chi connectivity index (χ0n) is 18.3. The standard InChI is InChI=1S/C23H28BrNO8/c1-31-20(21(28)25-16(14-32-22(25)29)15-9-5-4-6-10-15)19-17(27)13-18(24)23(30,33-19)11-7-2-3-8-12-26/h4-6,9-10,13,16,19-20,26,30H,2-3,7-8,11-12,14H2,1H3. The molecule has 3 rings (SSSR count). The topological polar surface area (TPSA) is 123 Å². The average molecular weight is 526 g/mol. The number of imide groups is 1. The largest absolute Gasteiger partial charge is 0.446 e. The first-order valence-corrected chi connectivity index (χ1v) is 11.6. The molecule has 0 saturated carbocycles. The van der Waals surface area contributed by atoms with Crippen molar-refractivity contribution in [2.45, 2.75) is 56.1 Å². The van der Waals surface area contributed by atoms with E-state index < -0.39 is 41.8 Å². The lowest BCUT2D eigenvalue weighted by Gasteiger charge is -2.38. The SMILES string of the molecule is COC(C(=O)N1C(=O)OCC1c1ccccc1)C1OC(O)(CCCCCCO)C(Br)=CC1=O. The highest BCUT2D eigenvalue weighted by Crippen LogP contribution is 2.37. The number of hydrogen-bond donors (Lipinski definition) is 2. The van der Waals surface area contributed by atoms with Gasteiger partial charge in [-0.15, -0.1) is 0 Å². The summed E-state index contributed by atoms with van der Waals surface area (Å²) in [6, 6.07) is 8.25. The lowest BCUT2D eigenvalue weighted by Crippen LogP contribution is -2.55. The maximum absolute atomic E-state index is 13.4. The Morgan fingerprint density at radius 1 is 1.24 bits per heavy atom. The number of aliphatic hydroxyl groups is 2. The first-order chi connectivity index (χ1) is 15.8. The van der Waals surface area contributed by atoms with Gasteiger partial charge in [0.1, 0.15) is 12.6 Å². The molecule has 33 heavy (non-hydrogen) atoms. The van der Waals surface area contributed by atoms with Gasteiger partial charge in [0, 0.05) is 20.1 Å². The van der Waals surface area contributed by atoms with Gasteiger partial charge in [-0.25, -0.2) is 9.69 Å². The summed E-state index contributed by atoms with van der Waals surface area (Å²) in [5, 5.41) is 19.9. The Hall–Kier alpha value is -2.11. The molecular formula is C23H28BrNO8. The van der Waals surface area contributed by atoms with Crippen LogP contribution in [0.3, 0.4) is 0 Å². The number of cyclic esters (lactones) is 1. The summed E-state index contributed by atoms with van der Waals surface area (Å²) in [5.74, 6) is -3.18. The normalized spacial score (nSPS) is 26.2. The second-order valence-corrected chi connectivity index (χ2v) is 8.83. The Morgan fingerprint density at radius 2 is 1.94 bits per heavy atom. The number of hydrogen-bond acceptors (Lipinski definition) is 8. The molecule has 180 valence electrons. The van der Waals surface area contributed by atoms with Gasteiger partial charge < -0.3 is 24.4 Å². The van der Waals surface area contributed by atoms with E-state index in [4.69, 9.17) is 19.3 Å². The monoisotopic (exact) mass is 525 g/mol. The van der Waals surface area contributed by atoms with Crippen molar-refractivity contribution < 1.29 is 38.8 Å². The van der Waals surface area contributed by atoms with Crippen LogP contribution in [0.1, 0.15) is 43.7 Å². The van der Waals surface area contributed by atoms with E-state index in [1.165, 1.54) is 13.2 Å². The number of amides is 2. The molecule has 2 amide bonds. The number of carbonyl (C=O) groups is 3. The van der Waals surface area contributed by atoms with Crippen LogP contribution in [0.25, 0.3) is 0 Å². The van der Waals surface area contributed by atoms with Crippen molar-refractivity contribution in [3.8, 4) is 0 Å². The number of methoxy groups -OCH3 is 1. The van der Waals surface area contributed by atoms with E-state index in [-0.39, 0.29) is 24.1 Å². The van der Waals surface area contributed by atoms with Crippen LogP contribution in [0.15, 0.2) is 40.9 Å². The van der Waals surface area contributed by atoms with E-state index in [2.05, 4.69) is 15.9 Å². The molecule has 1 aromatic carbocycles. The third kappa shape index (κ3) is 5.70. The molecule has 4 unspecified atom stereocenters. The van der Waals surface area contributed by atoms with E-state index in [0.717, 1.165) is 17.7 Å². The van der Waals surface area contributed by atoms with E-state index in [9.17, 15) is 19.5 Å². The third-order valence-electron chi connectivity index (χ3n) is 5.74. The first-order valence-electron chi connectivity index (χ1n) is 10.8. The van der Waals surface area contributed by atoms with Crippen LogP contribution in [0.2, 0.25) is 0 Å². The van der Waals surface area contributed by atoms with Gasteiger partial charge in [-0.3, -0.25) is 9.59 Å². The second kappa shape index (κ2) is 11.3. The molecule has 1 saturated heterocycles. The van der Waals surface area contributed by atoms with Crippen LogP contribution in [0.5, 0.6) is 0 Å². The minimum Gasteiger partial charge on any atom is -0.446 e. The zero-order chi connectivity index (χ0) is 24.0. The second-order valence-electron chi connectivity index (χ2n) is 7.97. The highest BCUT2D eigenvalue weighted by Gasteiger charge is 2.50. The molecular weight excluding hydrogens is 498 g/mol. The molecule has 9 nitrogen and oxygen atoms in total. The fraction of sp³-hybridized carbons (Fsp3) is 0.522. The molecule has 2 aliphatic rings. The van der Waals surface area contributed by atoms with E-state index in [1.807, 2.05) is 6.07 Å². The molecule has 0 spiro atoms. The average Bonchev–Trinajstić information content (AvgIpc) is 3.19. The van der Waals surface area contributed by atoms with Gasteiger partial charge in [0.2, 0.25) is 0 Å². The van der Waals surface area contributed by atoms with Gasteiger partial charge in [0.05, 0.1) is 4.48 Å². The number of aliphatic hydroxyl groups excluding tert-OH is 1. The number of halogens is 1. The van der Waals surface area contributed by atoms with Crippen LogP contribution >= 0.6 is 15.9 Å². The molecule has 1 fully saturated rings. The molecule has 1 aromatic rings. The van der Waals surface area contributed by atoms with Crippen molar-refractivity contribution in [2.24, 2.45) is 0 Å². The van der Waals surface area contributed by atoms with Crippen molar-refractivity contribution in [2.75, 3.05) is 20.3 Å². The van der Waals surface area contributed by atoms with Crippen LogP contribution in [-0.4, -0.2) is 71.2 Å². The number of unbranched alkanes of at least 4 members (excludes halogenated alkanes) is 3. The number of carbonyl (C=O) groups excluding carboxylic acids is 3. The fourth-order valence-corrected chi connectivity index (χ4v) is 4.46. The highest BCUT2D eigenvalue weighted by atomic mass is 79.9. The quantitative estimate of drug-likeness (QED) is 0.447. The fourth-order valence-electron chi connectivity index (χ4n) is 3.94. The molecule has 0 radical (unpaired) electrons. The summed E-state index contributed by atoms with van der Waals surface area (Å²) in [7, 11) is 1.24. The smallest absolute Gasteiger partial charge is 0.417 e. The summed E-state index contributed by atoms with van der Waals surface area (Å²) in [6.45, 7) is 0.0786. The lowest BCUT2D eigenvalue weighted by molar-refractivity contribution is -0.227. The maximum atomic E-state index is 13.4. The van der Waals surface area contributed by atoms with Crippen molar-refractivity contribution in [3.63, 3.8) is 0 Å². The molecule has 2 heterocycles. The number of rotatable bonds is 10. The van der Waals surface area contributed by atoms with Crippen LogP contribution in [0, 0.1) is 0 Å². The number of ketones is 1. The molecule has 0 aliphatic carbocycles. The molecule has 2 aliphatic heterocycles. The summed E-state index contributed by atoms with van der Waals surface area (Å²) >= 11 is 3.20. The molecule has 0 bridgehead atoms. The summed E-state index contributed by atoms with van der Waals surface area (Å²) in [6.07, 6.45) is 0.356. The molecule has 0 aromatic heterocycles. The molecule has 2 N–H and O–H groups in total. The predicted molar refractivity (Wildman–Crippen MR) is 120 cm³/mol. The molecule has 4 atom stereocenters. The van der Waals surface area contributed by atoms with Gasteiger partial charge in [-0.1, -0.05) is 43.2 Å². The Labute approximate surface area is 200 Å². The van der Waals surface area contributed by atoms with Crippen LogP contribution in [-0.2, 0) is 23.8 Å². The van der Waals surface area contributed by atoms with Gasteiger partial charge in [-0.2, -0.15) is 0 Å². The van der Waals surface area contributed by atoms with E-state index >= 15 is 0 Å². The summed E-state index contributed by atoms with van der Waals surface area (Å²) < 4.78 is 16.3. The minimum atomic E-state index is -1.82. The predicted octanol–water partition coefficient (Wildman–Crippen LogP) is 2.60. The number of ether oxygens (including phenoxy) is 3. The maximum Gasteiger partial charge on any atom is 0.417 e. The molecule has 10 heteroatoms. The van der Waals surface area contributed by atoms with Crippen molar-refractivity contribution >= 4 is 33.7 Å². The van der Waals surface area contributed by atoms with Crippen LogP contribution in [0.4, 0.5) is 4.79 Å². The lowest BCUT2D eigenvalue weighted by atomic mass is 9.98. The minimum absolute atomic E-state index is 0.0201. The van der Waals surface area contributed by atoms with E-state index in [1.54, 1.807) is 24.3 Å². The number of benzene rings is 1.